The fraction of sp³-hybridized carbons (Fsp3) is 0.310. The molecule has 3 aromatic carbocycles. The smallest absolute Gasteiger partial charge is 0.266 e. The summed E-state index contributed by atoms with van der Waals surface area (Å²) < 4.78 is 25.8. The first-order valence-corrected chi connectivity index (χ1v) is 12.6. The van der Waals surface area contributed by atoms with Gasteiger partial charge < -0.3 is 9.47 Å². The number of para-hydroxylation sites is 1. The number of anilines is 2. The van der Waals surface area contributed by atoms with Gasteiger partial charge in [-0.15, -0.1) is 0 Å². The number of carbonyl (C=O) groups is 2. The van der Waals surface area contributed by atoms with Gasteiger partial charge >= 0.3 is 0 Å². The van der Waals surface area contributed by atoms with Gasteiger partial charge in [-0.2, -0.15) is 0 Å². The SMILES string of the molecule is CCCCOc1ccc([C@@H]2[C@H]3C(=O)N(c4cccc(F)c4)C(=O)[C@@H]3ON2c2ccccc2)cc1OCC. The average Bonchev–Trinajstić information content (AvgIpc) is 3.41. The second-order valence-corrected chi connectivity index (χ2v) is 8.99. The molecule has 0 N–H and O–H groups in total. The Hall–Kier alpha value is -3.91. The van der Waals surface area contributed by atoms with Gasteiger partial charge in [-0.05, 0) is 61.4 Å². The maximum absolute atomic E-state index is 13.9. The number of ether oxygens (including phenoxy) is 2. The van der Waals surface area contributed by atoms with Crippen LogP contribution in [-0.2, 0) is 14.4 Å². The van der Waals surface area contributed by atoms with Crippen LogP contribution in [0.4, 0.5) is 15.8 Å². The van der Waals surface area contributed by atoms with Crippen molar-refractivity contribution in [3.8, 4) is 11.5 Å². The first-order chi connectivity index (χ1) is 18.0. The van der Waals surface area contributed by atoms with Crippen molar-refractivity contribution in [1.82, 2.24) is 0 Å². The van der Waals surface area contributed by atoms with Crippen molar-refractivity contribution in [2.75, 3.05) is 23.2 Å². The van der Waals surface area contributed by atoms with E-state index in [4.69, 9.17) is 14.3 Å². The minimum Gasteiger partial charge on any atom is -0.490 e. The molecule has 0 spiro atoms. The molecule has 2 heterocycles. The second kappa shape index (κ2) is 10.6. The van der Waals surface area contributed by atoms with Crippen LogP contribution in [0.5, 0.6) is 11.5 Å². The van der Waals surface area contributed by atoms with E-state index in [2.05, 4.69) is 6.92 Å². The van der Waals surface area contributed by atoms with Crippen molar-refractivity contribution in [1.29, 1.82) is 0 Å². The number of carbonyl (C=O) groups excluding carboxylic acids is 2. The topological polar surface area (TPSA) is 68.3 Å². The average molecular weight is 505 g/mol. The summed E-state index contributed by atoms with van der Waals surface area (Å²) in [6.45, 7) is 4.99. The largest absolute Gasteiger partial charge is 0.490 e. The lowest BCUT2D eigenvalue weighted by atomic mass is 9.90. The van der Waals surface area contributed by atoms with Gasteiger partial charge in [0.05, 0.1) is 30.6 Å². The Morgan fingerprint density at radius 3 is 2.38 bits per heavy atom. The molecular formula is C29H29FN2O5. The number of halogens is 1. The molecule has 7 nitrogen and oxygen atoms in total. The number of amides is 2. The zero-order valence-electron chi connectivity index (χ0n) is 20.8. The molecule has 0 radical (unpaired) electrons. The monoisotopic (exact) mass is 504 g/mol. The number of hydrogen-bond donors (Lipinski definition) is 0. The Morgan fingerprint density at radius 1 is 0.865 bits per heavy atom. The lowest BCUT2D eigenvalue weighted by molar-refractivity contribution is -0.126. The zero-order chi connectivity index (χ0) is 25.9. The Morgan fingerprint density at radius 2 is 1.65 bits per heavy atom. The van der Waals surface area contributed by atoms with E-state index in [1.807, 2.05) is 55.5 Å². The van der Waals surface area contributed by atoms with Crippen LogP contribution in [0.2, 0.25) is 0 Å². The van der Waals surface area contributed by atoms with E-state index in [-0.39, 0.29) is 5.69 Å². The summed E-state index contributed by atoms with van der Waals surface area (Å²) in [6.07, 6.45) is 0.883. The third kappa shape index (κ3) is 4.64. The van der Waals surface area contributed by atoms with E-state index in [9.17, 15) is 14.0 Å². The van der Waals surface area contributed by atoms with Gasteiger partial charge in [0.25, 0.3) is 5.91 Å². The minimum atomic E-state index is -1.04. The highest BCUT2D eigenvalue weighted by molar-refractivity contribution is 6.23. The van der Waals surface area contributed by atoms with E-state index in [0.29, 0.717) is 30.4 Å². The number of imide groups is 1. The second-order valence-electron chi connectivity index (χ2n) is 8.99. The first-order valence-electron chi connectivity index (χ1n) is 12.6. The van der Waals surface area contributed by atoms with Crippen LogP contribution < -0.4 is 19.4 Å². The number of rotatable bonds is 9. The summed E-state index contributed by atoms with van der Waals surface area (Å²) in [5.41, 5.74) is 1.64. The van der Waals surface area contributed by atoms with Crippen molar-refractivity contribution >= 4 is 23.2 Å². The van der Waals surface area contributed by atoms with Crippen LogP contribution in [0.15, 0.2) is 72.8 Å². The third-order valence-corrected chi connectivity index (χ3v) is 6.56. The highest BCUT2D eigenvalue weighted by Crippen LogP contribution is 2.48. The summed E-state index contributed by atoms with van der Waals surface area (Å²) >= 11 is 0. The summed E-state index contributed by atoms with van der Waals surface area (Å²) in [4.78, 5) is 34.4. The third-order valence-electron chi connectivity index (χ3n) is 6.56. The van der Waals surface area contributed by atoms with Crippen molar-refractivity contribution in [3.05, 3.63) is 84.2 Å². The Bertz CT molecular complexity index is 1280. The summed E-state index contributed by atoms with van der Waals surface area (Å²) in [5, 5.41) is 1.62. The standard InChI is InChI=1S/C29H29FN2O5/c1-3-5-16-36-23-15-14-19(17-24(23)35-4-2)26-25-27(37-32(26)21-11-7-6-8-12-21)29(34)31(28(25)33)22-13-9-10-20(30)18-22/h6-15,17-18,25-27H,3-5,16H2,1-2H3/t25-,26-,27-/m1/s1. The van der Waals surface area contributed by atoms with E-state index < -0.39 is 35.7 Å². The van der Waals surface area contributed by atoms with Gasteiger partial charge in [-0.25, -0.2) is 14.4 Å². The first kappa shape index (κ1) is 24.8. The molecule has 3 atom stereocenters. The molecule has 8 heteroatoms. The van der Waals surface area contributed by atoms with E-state index >= 15 is 0 Å². The highest BCUT2D eigenvalue weighted by Gasteiger charge is 2.60. The number of unbranched alkanes of at least 4 members (excludes halogenated alkanes) is 1. The molecule has 2 aliphatic rings. The number of nitrogens with zero attached hydrogens (tertiary/aromatic N) is 2. The van der Waals surface area contributed by atoms with Crippen molar-refractivity contribution in [2.24, 2.45) is 5.92 Å². The molecule has 0 bridgehead atoms. The minimum absolute atomic E-state index is 0.188. The Kier molecular flexibility index (Phi) is 7.10. The van der Waals surface area contributed by atoms with Crippen molar-refractivity contribution in [2.45, 2.75) is 38.8 Å². The molecule has 0 aromatic heterocycles. The van der Waals surface area contributed by atoms with E-state index in [0.717, 1.165) is 23.3 Å². The Labute approximate surface area is 215 Å². The molecule has 192 valence electrons. The van der Waals surface area contributed by atoms with Gasteiger partial charge in [0, 0.05) is 0 Å². The van der Waals surface area contributed by atoms with Crippen LogP contribution in [0.25, 0.3) is 0 Å². The molecule has 2 amide bonds. The quantitative estimate of drug-likeness (QED) is 0.285. The fourth-order valence-corrected chi connectivity index (χ4v) is 4.84. The van der Waals surface area contributed by atoms with Crippen LogP contribution in [0, 0.1) is 11.7 Å². The normalized spacial score (nSPS) is 20.9. The number of fused-ring (bicyclic) bond motifs is 1. The summed E-state index contributed by atoms with van der Waals surface area (Å²) in [5.74, 6) is -1.14. The van der Waals surface area contributed by atoms with Crippen molar-refractivity contribution < 1.29 is 28.3 Å². The maximum atomic E-state index is 13.9. The number of hydroxylamine groups is 1. The molecule has 5 rings (SSSR count). The molecular weight excluding hydrogens is 475 g/mol. The fourth-order valence-electron chi connectivity index (χ4n) is 4.84. The molecule has 2 fully saturated rings. The van der Waals surface area contributed by atoms with Gasteiger partial charge in [0.1, 0.15) is 11.7 Å². The van der Waals surface area contributed by atoms with Gasteiger partial charge in [-0.3, -0.25) is 14.4 Å². The predicted molar refractivity (Wildman–Crippen MR) is 137 cm³/mol. The van der Waals surface area contributed by atoms with Crippen LogP contribution in [0.3, 0.4) is 0 Å². The predicted octanol–water partition coefficient (Wildman–Crippen LogP) is 5.45. The summed E-state index contributed by atoms with van der Waals surface area (Å²) in [7, 11) is 0. The number of benzene rings is 3. The lowest BCUT2D eigenvalue weighted by Gasteiger charge is -2.29. The molecule has 3 aromatic rings. The van der Waals surface area contributed by atoms with Crippen molar-refractivity contribution in [3.63, 3.8) is 0 Å². The highest BCUT2D eigenvalue weighted by atomic mass is 19.1. The van der Waals surface area contributed by atoms with Crippen LogP contribution in [0.1, 0.15) is 38.3 Å². The van der Waals surface area contributed by atoms with Gasteiger partial charge in [-0.1, -0.05) is 43.7 Å². The van der Waals surface area contributed by atoms with E-state index in [1.165, 1.54) is 18.2 Å². The molecule has 0 aliphatic carbocycles. The Balaban J connectivity index is 1.55. The zero-order valence-corrected chi connectivity index (χ0v) is 20.8. The molecule has 2 aliphatic heterocycles. The van der Waals surface area contributed by atoms with Crippen LogP contribution >= 0.6 is 0 Å². The van der Waals surface area contributed by atoms with E-state index in [1.54, 1.807) is 11.1 Å². The maximum Gasteiger partial charge on any atom is 0.266 e. The van der Waals surface area contributed by atoms with Gasteiger partial charge in [0.2, 0.25) is 5.91 Å². The summed E-state index contributed by atoms with van der Waals surface area (Å²) in [6, 6.07) is 19.7. The van der Waals surface area contributed by atoms with Gasteiger partial charge in [0.15, 0.2) is 17.6 Å². The lowest BCUT2D eigenvalue weighted by Crippen LogP contribution is -2.37. The molecule has 0 saturated carbocycles. The molecule has 0 unspecified atom stereocenters. The molecule has 37 heavy (non-hydrogen) atoms. The molecule has 2 saturated heterocycles. The number of hydrogen-bond acceptors (Lipinski definition) is 6. The van der Waals surface area contributed by atoms with Crippen LogP contribution in [-0.4, -0.2) is 31.1 Å².